The van der Waals surface area contributed by atoms with Crippen LogP contribution >= 0.6 is 0 Å². The van der Waals surface area contributed by atoms with Gasteiger partial charge in [0.1, 0.15) is 5.75 Å². The first-order valence-corrected chi connectivity index (χ1v) is 8.88. The number of nitrogens with two attached hydrogens (primary N) is 1. The van der Waals surface area contributed by atoms with Gasteiger partial charge in [-0.2, -0.15) is 0 Å². The fourth-order valence-electron chi connectivity index (χ4n) is 2.92. The molecule has 130 valence electrons. The van der Waals surface area contributed by atoms with Gasteiger partial charge in [-0.05, 0) is 48.9 Å². The average molecular weight is 326 g/mol. The molecule has 0 aromatic heterocycles. The van der Waals surface area contributed by atoms with Crippen LogP contribution in [0.1, 0.15) is 37.3 Å². The number of rotatable bonds is 10. The Morgan fingerprint density at radius 2 is 1.71 bits per heavy atom. The van der Waals surface area contributed by atoms with E-state index < -0.39 is 0 Å². The number of methoxy groups -OCH3 is 1. The van der Waals surface area contributed by atoms with Crippen LogP contribution in [0, 0.1) is 0 Å². The molecule has 0 fully saturated rings. The Kier molecular flexibility index (Phi) is 7.80. The van der Waals surface area contributed by atoms with Crippen LogP contribution in [0.4, 0.5) is 0 Å². The van der Waals surface area contributed by atoms with Gasteiger partial charge in [-0.25, -0.2) is 0 Å². The van der Waals surface area contributed by atoms with Gasteiger partial charge >= 0.3 is 0 Å². The number of hydrogen-bond acceptors (Lipinski definition) is 3. The molecule has 3 nitrogen and oxygen atoms in total. The lowest BCUT2D eigenvalue weighted by atomic mass is 9.98. The highest BCUT2D eigenvalue weighted by Gasteiger charge is 2.15. The summed E-state index contributed by atoms with van der Waals surface area (Å²) in [5.41, 5.74) is 8.98. The molecule has 0 amide bonds. The smallest absolute Gasteiger partial charge is 0.118 e. The molecule has 2 rings (SSSR count). The van der Waals surface area contributed by atoms with Crippen LogP contribution in [0.5, 0.6) is 5.75 Å². The van der Waals surface area contributed by atoms with Gasteiger partial charge in [0.15, 0.2) is 0 Å². The third-order valence-corrected chi connectivity index (χ3v) is 4.54. The SMILES string of the molecule is CC[C@@H](N)[C@H](CCCc1ccccc1)NCc1ccc(OC)cc1. The maximum absolute atomic E-state index is 6.32. The van der Waals surface area contributed by atoms with E-state index in [0.29, 0.717) is 6.04 Å². The van der Waals surface area contributed by atoms with Crippen LogP contribution in [0.15, 0.2) is 54.6 Å². The summed E-state index contributed by atoms with van der Waals surface area (Å²) in [6, 6.07) is 19.4. The van der Waals surface area contributed by atoms with Gasteiger partial charge in [-0.3, -0.25) is 0 Å². The van der Waals surface area contributed by atoms with E-state index in [2.05, 4.69) is 54.7 Å². The van der Waals surface area contributed by atoms with Crippen LogP contribution in [-0.2, 0) is 13.0 Å². The molecule has 3 N–H and O–H groups in total. The Morgan fingerprint density at radius 3 is 2.33 bits per heavy atom. The van der Waals surface area contributed by atoms with Crippen LogP contribution in [0.2, 0.25) is 0 Å². The zero-order valence-electron chi connectivity index (χ0n) is 14.9. The van der Waals surface area contributed by atoms with E-state index in [1.165, 1.54) is 11.1 Å². The van der Waals surface area contributed by atoms with Gasteiger partial charge in [0.05, 0.1) is 7.11 Å². The molecule has 0 radical (unpaired) electrons. The van der Waals surface area contributed by atoms with Gasteiger partial charge in [-0.1, -0.05) is 49.4 Å². The zero-order chi connectivity index (χ0) is 17.2. The molecule has 0 aliphatic rings. The molecule has 0 aliphatic carbocycles. The maximum Gasteiger partial charge on any atom is 0.118 e. The lowest BCUT2D eigenvalue weighted by Crippen LogP contribution is -2.44. The lowest BCUT2D eigenvalue weighted by molar-refractivity contribution is 0.387. The molecule has 0 unspecified atom stereocenters. The van der Waals surface area contributed by atoms with Gasteiger partial charge in [0.25, 0.3) is 0 Å². The Labute approximate surface area is 146 Å². The van der Waals surface area contributed by atoms with Crippen LogP contribution in [-0.4, -0.2) is 19.2 Å². The van der Waals surface area contributed by atoms with Crippen molar-refractivity contribution in [1.29, 1.82) is 0 Å². The second-order valence-electron chi connectivity index (χ2n) is 6.29. The number of nitrogens with one attached hydrogen (secondary N) is 1. The van der Waals surface area contributed by atoms with E-state index >= 15 is 0 Å². The van der Waals surface area contributed by atoms with E-state index in [9.17, 15) is 0 Å². The first kappa shape index (κ1) is 18.5. The summed E-state index contributed by atoms with van der Waals surface area (Å²) in [6.07, 6.45) is 4.35. The van der Waals surface area contributed by atoms with Crippen LogP contribution in [0.3, 0.4) is 0 Å². The second kappa shape index (κ2) is 10.1. The van der Waals surface area contributed by atoms with Crippen molar-refractivity contribution in [1.82, 2.24) is 5.32 Å². The second-order valence-corrected chi connectivity index (χ2v) is 6.29. The summed E-state index contributed by atoms with van der Waals surface area (Å²) in [7, 11) is 1.69. The Morgan fingerprint density at radius 1 is 1.00 bits per heavy atom. The molecular weight excluding hydrogens is 296 g/mol. The molecule has 0 saturated carbocycles. The van der Waals surface area contributed by atoms with Crippen molar-refractivity contribution >= 4 is 0 Å². The highest BCUT2D eigenvalue weighted by atomic mass is 16.5. The number of aryl methyl sites for hydroxylation is 1. The Balaban J connectivity index is 1.83. The summed E-state index contributed by atoms with van der Waals surface area (Å²) in [5, 5.41) is 3.64. The molecule has 2 aromatic carbocycles. The van der Waals surface area contributed by atoms with Gasteiger partial charge < -0.3 is 15.8 Å². The summed E-state index contributed by atoms with van der Waals surface area (Å²) in [5.74, 6) is 0.892. The fraction of sp³-hybridized carbons (Fsp3) is 0.429. The van der Waals surface area contributed by atoms with Gasteiger partial charge in [0.2, 0.25) is 0 Å². The van der Waals surface area contributed by atoms with Crippen LogP contribution in [0.25, 0.3) is 0 Å². The average Bonchev–Trinajstić information content (AvgIpc) is 2.65. The molecule has 2 aromatic rings. The molecule has 3 heteroatoms. The summed E-state index contributed by atoms with van der Waals surface area (Å²) in [4.78, 5) is 0. The summed E-state index contributed by atoms with van der Waals surface area (Å²) < 4.78 is 5.21. The molecule has 0 heterocycles. The Bertz CT molecular complexity index is 568. The number of ether oxygens (including phenoxy) is 1. The van der Waals surface area contributed by atoms with Gasteiger partial charge in [-0.15, -0.1) is 0 Å². The molecule has 2 atom stereocenters. The number of benzene rings is 2. The van der Waals surface area contributed by atoms with Crippen molar-refractivity contribution in [3.63, 3.8) is 0 Å². The topological polar surface area (TPSA) is 47.3 Å². The molecule has 0 aliphatic heterocycles. The van der Waals surface area contributed by atoms with Crippen molar-refractivity contribution in [3.05, 3.63) is 65.7 Å². The van der Waals surface area contributed by atoms with E-state index in [1.54, 1.807) is 7.11 Å². The minimum atomic E-state index is 0.194. The molecule has 24 heavy (non-hydrogen) atoms. The lowest BCUT2D eigenvalue weighted by Gasteiger charge is -2.24. The molecule has 0 saturated heterocycles. The van der Waals surface area contributed by atoms with E-state index in [1.807, 2.05) is 12.1 Å². The van der Waals surface area contributed by atoms with Crippen molar-refractivity contribution in [2.45, 2.75) is 51.2 Å². The predicted octanol–water partition coefficient (Wildman–Crippen LogP) is 3.91. The Hall–Kier alpha value is -1.84. The third-order valence-electron chi connectivity index (χ3n) is 4.54. The largest absolute Gasteiger partial charge is 0.497 e. The third kappa shape index (κ3) is 5.99. The number of hydrogen-bond donors (Lipinski definition) is 2. The summed E-state index contributed by atoms with van der Waals surface area (Å²) >= 11 is 0. The molecule has 0 spiro atoms. The minimum Gasteiger partial charge on any atom is -0.497 e. The highest BCUT2D eigenvalue weighted by Crippen LogP contribution is 2.13. The monoisotopic (exact) mass is 326 g/mol. The van der Waals surface area contributed by atoms with E-state index in [4.69, 9.17) is 10.5 Å². The van der Waals surface area contributed by atoms with Crippen LogP contribution < -0.4 is 15.8 Å². The van der Waals surface area contributed by atoms with Crippen molar-refractivity contribution in [3.8, 4) is 5.75 Å². The molecule has 0 bridgehead atoms. The minimum absolute atomic E-state index is 0.194. The van der Waals surface area contributed by atoms with Crippen molar-refractivity contribution in [2.24, 2.45) is 5.73 Å². The first-order valence-electron chi connectivity index (χ1n) is 8.88. The predicted molar refractivity (Wildman–Crippen MR) is 101 cm³/mol. The standard InChI is InChI=1S/C21H30N2O/c1-3-20(22)21(11-7-10-17-8-5-4-6-9-17)23-16-18-12-14-19(24-2)15-13-18/h4-6,8-9,12-15,20-21,23H,3,7,10-11,16,22H2,1-2H3/t20-,21+/m1/s1. The quantitative estimate of drug-likeness (QED) is 0.696. The molecular formula is C21H30N2O. The zero-order valence-corrected chi connectivity index (χ0v) is 14.9. The van der Waals surface area contributed by atoms with Crippen molar-refractivity contribution < 1.29 is 4.74 Å². The fourth-order valence-corrected chi connectivity index (χ4v) is 2.92. The van der Waals surface area contributed by atoms with E-state index in [0.717, 1.165) is 38.0 Å². The highest BCUT2D eigenvalue weighted by molar-refractivity contribution is 5.27. The maximum atomic E-state index is 6.32. The van der Waals surface area contributed by atoms with Crippen molar-refractivity contribution in [2.75, 3.05) is 7.11 Å². The van der Waals surface area contributed by atoms with E-state index in [-0.39, 0.29) is 6.04 Å². The first-order chi connectivity index (χ1) is 11.7. The summed E-state index contributed by atoms with van der Waals surface area (Å²) in [6.45, 7) is 3.00. The normalized spacial score (nSPS) is 13.5. The van der Waals surface area contributed by atoms with Gasteiger partial charge in [0, 0.05) is 18.6 Å².